The highest BCUT2D eigenvalue weighted by atomic mass is 15.0. The summed E-state index contributed by atoms with van der Waals surface area (Å²) in [5.74, 6) is 0. The van der Waals surface area contributed by atoms with E-state index in [-0.39, 0.29) is 0 Å². The molecule has 90 valence electrons. The third kappa shape index (κ3) is 1.84. The number of anilines is 1. The van der Waals surface area contributed by atoms with Gasteiger partial charge in [-0.1, -0.05) is 17.2 Å². The average molecular weight is 237 g/mol. The fraction of sp³-hybridized carbons (Fsp3) is 0.133. The van der Waals surface area contributed by atoms with Crippen molar-refractivity contribution in [3.05, 3.63) is 53.9 Å². The highest BCUT2D eigenvalue weighted by Crippen LogP contribution is 2.22. The molecule has 3 heteroatoms. The first-order valence-corrected chi connectivity index (χ1v) is 5.95. The zero-order valence-electron chi connectivity index (χ0n) is 10.5. The Morgan fingerprint density at radius 1 is 1.00 bits per heavy atom. The van der Waals surface area contributed by atoms with Gasteiger partial charge in [-0.25, -0.2) is 4.98 Å². The zero-order chi connectivity index (χ0) is 12.7. The Labute approximate surface area is 106 Å². The summed E-state index contributed by atoms with van der Waals surface area (Å²) in [4.78, 5) is 4.61. The predicted octanol–water partition coefficient (Wildman–Crippen LogP) is 3.20. The lowest BCUT2D eigenvalue weighted by Gasteiger charge is -2.01. The molecule has 0 amide bonds. The van der Waals surface area contributed by atoms with Crippen LogP contribution in [0, 0.1) is 13.8 Å². The van der Waals surface area contributed by atoms with Crippen LogP contribution in [0.15, 0.2) is 42.7 Å². The van der Waals surface area contributed by atoms with Crippen LogP contribution >= 0.6 is 0 Å². The number of fused-ring (bicyclic) bond motifs is 1. The molecule has 0 radical (unpaired) electrons. The van der Waals surface area contributed by atoms with Crippen molar-refractivity contribution in [3.63, 3.8) is 0 Å². The molecule has 1 aromatic carbocycles. The van der Waals surface area contributed by atoms with E-state index in [1.165, 1.54) is 11.1 Å². The van der Waals surface area contributed by atoms with E-state index < -0.39 is 0 Å². The number of hydrogen-bond donors (Lipinski definition) is 1. The van der Waals surface area contributed by atoms with E-state index in [1.807, 2.05) is 28.9 Å². The summed E-state index contributed by atoms with van der Waals surface area (Å²) in [7, 11) is 0. The minimum atomic E-state index is 0.742. The third-order valence-electron chi connectivity index (χ3n) is 2.99. The minimum absolute atomic E-state index is 0.742. The summed E-state index contributed by atoms with van der Waals surface area (Å²) in [6, 6.07) is 10.3. The normalized spacial score (nSPS) is 11.0. The molecule has 0 aliphatic carbocycles. The molecule has 3 aromatic rings. The Morgan fingerprint density at radius 2 is 1.72 bits per heavy atom. The molecule has 0 unspecified atom stereocenters. The number of aromatic nitrogens is 2. The molecule has 0 aliphatic heterocycles. The van der Waals surface area contributed by atoms with Gasteiger partial charge in [-0.15, -0.1) is 0 Å². The van der Waals surface area contributed by atoms with Crippen molar-refractivity contribution in [2.45, 2.75) is 13.8 Å². The second-order valence-corrected chi connectivity index (χ2v) is 4.73. The Hall–Kier alpha value is -2.29. The number of aryl methyl sites for hydroxylation is 2. The SMILES string of the molecule is Cc1cc(C)cc(-c2cn3cc(N)ccc3n2)c1. The van der Waals surface area contributed by atoms with Crippen LogP contribution in [0.3, 0.4) is 0 Å². The fourth-order valence-corrected chi connectivity index (χ4v) is 2.27. The van der Waals surface area contributed by atoms with Crippen LogP contribution in [0.4, 0.5) is 5.69 Å². The van der Waals surface area contributed by atoms with E-state index in [1.54, 1.807) is 0 Å². The van der Waals surface area contributed by atoms with Gasteiger partial charge in [-0.05, 0) is 38.1 Å². The van der Waals surface area contributed by atoms with Crippen LogP contribution < -0.4 is 5.73 Å². The number of imidazole rings is 1. The highest BCUT2D eigenvalue weighted by molar-refractivity contribution is 5.65. The molecule has 0 aliphatic rings. The molecule has 0 saturated heterocycles. The first-order valence-electron chi connectivity index (χ1n) is 5.95. The van der Waals surface area contributed by atoms with Crippen molar-refractivity contribution in [1.29, 1.82) is 0 Å². The van der Waals surface area contributed by atoms with Gasteiger partial charge in [0.1, 0.15) is 5.65 Å². The molecule has 2 N–H and O–H groups in total. The molecule has 18 heavy (non-hydrogen) atoms. The summed E-state index contributed by atoms with van der Waals surface area (Å²) in [6.07, 6.45) is 3.90. The van der Waals surface area contributed by atoms with E-state index >= 15 is 0 Å². The quantitative estimate of drug-likeness (QED) is 0.706. The molecule has 0 fully saturated rings. The lowest BCUT2D eigenvalue weighted by molar-refractivity contribution is 1.19. The van der Waals surface area contributed by atoms with Crippen LogP contribution in [-0.2, 0) is 0 Å². The van der Waals surface area contributed by atoms with Crippen molar-refractivity contribution < 1.29 is 0 Å². The van der Waals surface area contributed by atoms with Gasteiger partial charge in [0.2, 0.25) is 0 Å². The maximum Gasteiger partial charge on any atom is 0.137 e. The molecule has 2 aromatic heterocycles. The largest absolute Gasteiger partial charge is 0.398 e. The van der Waals surface area contributed by atoms with E-state index in [2.05, 4.69) is 37.0 Å². The summed E-state index contributed by atoms with van der Waals surface area (Å²) in [5, 5.41) is 0. The van der Waals surface area contributed by atoms with Gasteiger partial charge in [0, 0.05) is 23.6 Å². The van der Waals surface area contributed by atoms with Gasteiger partial charge in [-0.3, -0.25) is 0 Å². The van der Waals surface area contributed by atoms with Crippen molar-refractivity contribution in [2.24, 2.45) is 0 Å². The van der Waals surface area contributed by atoms with E-state index in [4.69, 9.17) is 5.73 Å². The monoisotopic (exact) mass is 237 g/mol. The highest BCUT2D eigenvalue weighted by Gasteiger charge is 2.05. The first kappa shape index (κ1) is 10.8. The van der Waals surface area contributed by atoms with Gasteiger partial charge < -0.3 is 10.1 Å². The van der Waals surface area contributed by atoms with Crippen molar-refractivity contribution in [3.8, 4) is 11.3 Å². The van der Waals surface area contributed by atoms with Gasteiger partial charge in [-0.2, -0.15) is 0 Å². The first-order chi connectivity index (χ1) is 8.61. The van der Waals surface area contributed by atoms with Crippen molar-refractivity contribution in [1.82, 2.24) is 9.38 Å². The summed E-state index contributed by atoms with van der Waals surface area (Å²) >= 11 is 0. The minimum Gasteiger partial charge on any atom is -0.398 e. The number of nitrogens with two attached hydrogens (primary N) is 1. The number of hydrogen-bond acceptors (Lipinski definition) is 2. The molecule has 0 saturated carbocycles. The Kier molecular flexibility index (Phi) is 2.33. The Balaban J connectivity index is 2.19. The van der Waals surface area contributed by atoms with Gasteiger partial charge in [0.05, 0.1) is 5.69 Å². The molecule has 3 nitrogen and oxygen atoms in total. The Morgan fingerprint density at radius 3 is 2.44 bits per heavy atom. The standard InChI is InChI=1S/C15H15N3/c1-10-5-11(2)7-12(6-10)14-9-18-8-13(16)3-4-15(18)17-14/h3-9H,16H2,1-2H3. The third-order valence-corrected chi connectivity index (χ3v) is 2.99. The Bertz CT molecular complexity index is 705. The molecule has 3 rings (SSSR count). The smallest absolute Gasteiger partial charge is 0.137 e. The number of nitrogens with zero attached hydrogens (tertiary/aromatic N) is 2. The van der Waals surface area contributed by atoms with Crippen LogP contribution in [0.1, 0.15) is 11.1 Å². The number of rotatable bonds is 1. The van der Waals surface area contributed by atoms with Crippen LogP contribution in [0.2, 0.25) is 0 Å². The summed E-state index contributed by atoms with van der Waals surface area (Å²) in [5.41, 5.74) is 12.1. The molecule has 2 heterocycles. The molecule has 0 atom stereocenters. The van der Waals surface area contributed by atoms with E-state index in [0.29, 0.717) is 0 Å². The zero-order valence-corrected chi connectivity index (χ0v) is 10.5. The van der Waals surface area contributed by atoms with Crippen molar-refractivity contribution in [2.75, 3.05) is 5.73 Å². The molecule has 0 bridgehead atoms. The lowest BCUT2D eigenvalue weighted by Crippen LogP contribution is -1.88. The summed E-state index contributed by atoms with van der Waals surface area (Å²) in [6.45, 7) is 4.20. The van der Waals surface area contributed by atoms with E-state index in [9.17, 15) is 0 Å². The average Bonchev–Trinajstić information content (AvgIpc) is 2.70. The summed E-state index contributed by atoms with van der Waals surface area (Å²) < 4.78 is 1.96. The maximum atomic E-state index is 5.77. The van der Waals surface area contributed by atoms with Gasteiger partial charge in [0.25, 0.3) is 0 Å². The van der Waals surface area contributed by atoms with E-state index in [0.717, 1.165) is 22.6 Å². The number of nitrogen functional groups attached to an aromatic ring is 1. The second kappa shape index (κ2) is 3.88. The van der Waals surface area contributed by atoms with Gasteiger partial charge in [0.15, 0.2) is 0 Å². The molecular weight excluding hydrogens is 222 g/mol. The topological polar surface area (TPSA) is 43.3 Å². The lowest BCUT2D eigenvalue weighted by atomic mass is 10.1. The molecule has 0 spiro atoms. The van der Waals surface area contributed by atoms with Crippen LogP contribution in [0.25, 0.3) is 16.9 Å². The van der Waals surface area contributed by atoms with Crippen LogP contribution in [0.5, 0.6) is 0 Å². The van der Waals surface area contributed by atoms with Crippen LogP contribution in [-0.4, -0.2) is 9.38 Å². The van der Waals surface area contributed by atoms with Gasteiger partial charge >= 0.3 is 0 Å². The molecular formula is C15H15N3. The number of benzene rings is 1. The maximum absolute atomic E-state index is 5.77. The second-order valence-electron chi connectivity index (χ2n) is 4.73. The fourth-order valence-electron chi connectivity index (χ4n) is 2.27. The number of pyridine rings is 1. The predicted molar refractivity (Wildman–Crippen MR) is 74.5 cm³/mol. The van der Waals surface area contributed by atoms with Crippen molar-refractivity contribution >= 4 is 11.3 Å².